The molecular weight excluding hydrogens is 490 g/mol. The van der Waals surface area contributed by atoms with Crippen molar-refractivity contribution < 1.29 is 13.6 Å². The number of halogens is 2. The summed E-state index contributed by atoms with van der Waals surface area (Å²) in [6, 6.07) is 11.2. The lowest BCUT2D eigenvalue weighted by Gasteiger charge is -2.33. The van der Waals surface area contributed by atoms with Gasteiger partial charge in [0.1, 0.15) is 0 Å². The van der Waals surface area contributed by atoms with Crippen LogP contribution in [0.25, 0.3) is 11.2 Å². The number of carbonyl (C=O) groups excluding carboxylic acids is 1. The molecule has 6 rings (SSSR count). The summed E-state index contributed by atoms with van der Waals surface area (Å²) in [6.07, 6.45) is 6.31. The van der Waals surface area contributed by atoms with Crippen molar-refractivity contribution in [3.63, 3.8) is 0 Å². The minimum Gasteiger partial charge on any atom is -0.330 e. The molecule has 0 unspecified atom stereocenters. The fourth-order valence-electron chi connectivity index (χ4n) is 5.94. The van der Waals surface area contributed by atoms with Crippen LogP contribution in [0.4, 0.5) is 13.6 Å². The highest BCUT2D eigenvalue weighted by Gasteiger charge is 2.31. The summed E-state index contributed by atoms with van der Waals surface area (Å²) >= 11 is 0. The third kappa shape index (κ3) is 4.44. The molecule has 196 valence electrons. The van der Waals surface area contributed by atoms with Gasteiger partial charge in [-0.05, 0) is 73.4 Å². The van der Waals surface area contributed by atoms with E-state index in [0.717, 1.165) is 22.8 Å². The lowest BCUT2D eigenvalue weighted by molar-refractivity contribution is 0.167. The summed E-state index contributed by atoms with van der Waals surface area (Å²) in [4.78, 5) is 39.2. The zero-order valence-corrected chi connectivity index (χ0v) is 20.7. The summed E-state index contributed by atoms with van der Waals surface area (Å²) in [6.45, 7) is 1.02. The van der Waals surface area contributed by atoms with Crippen LogP contribution >= 0.6 is 0 Å². The van der Waals surface area contributed by atoms with Crippen molar-refractivity contribution in [1.29, 1.82) is 0 Å². The minimum atomic E-state index is -0.849. The first kappa shape index (κ1) is 24.3. The van der Waals surface area contributed by atoms with E-state index in [0.29, 0.717) is 56.4 Å². The van der Waals surface area contributed by atoms with E-state index in [1.807, 2.05) is 18.2 Å². The number of rotatable bonds is 3. The van der Waals surface area contributed by atoms with Crippen LogP contribution in [0, 0.1) is 11.6 Å². The smallest absolute Gasteiger partial charge is 0.327 e. The Balaban J connectivity index is 1.15. The van der Waals surface area contributed by atoms with Crippen LogP contribution in [0.3, 0.4) is 0 Å². The number of pyridine rings is 2. The predicted molar refractivity (Wildman–Crippen MR) is 138 cm³/mol. The first-order valence-corrected chi connectivity index (χ1v) is 13.0. The Kier molecular flexibility index (Phi) is 6.39. The average molecular weight is 519 g/mol. The molecule has 38 heavy (non-hydrogen) atoms. The number of nitrogens with zero attached hydrogens (tertiary/aromatic N) is 4. The van der Waals surface area contributed by atoms with Gasteiger partial charge in [-0.3, -0.25) is 14.5 Å². The van der Waals surface area contributed by atoms with Crippen LogP contribution in [0.2, 0.25) is 0 Å². The topological polar surface area (TPSA) is 95.9 Å². The van der Waals surface area contributed by atoms with Gasteiger partial charge in [-0.1, -0.05) is 18.2 Å². The second-order valence-electron chi connectivity index (χ2n) is 10.1. The number of H-pyrrole nitrogens is 1. The highest BCUT2D eigenvalue weighted by Crippen LogP contribution is 2.37. The maximum atomic E-state index is 14.6. The molecule has 2 N–H and O–H groups in total. The van der Waals surface area contributed by atoms with E-state index in [2.05, 4.69) is 20.3 Å². The number of urea groups is 1. The summed E-state index contributed by atoms with van der Waals surface area (Å²) < 4.78 is 30.3. The molecule has 2 aliphatic rings. The SMILES string of the molecule is O=C(N[C@H]1CC[C@H](c2cccc(F)c2F)Cc2cccnc21)N1CCC(n2c(=O)[nH]c3ncccc32)CC1. The fraction of sp³-hybridized carbons (Fsp3) is 0.357. The van der Waals surface area contributed by atoms with E-state index < -0.39 is 11.6 Å². The maximum Gasteiger partial charge on any atom is 0.327 e. The number of nitrogens with one attached hydrogen (secondary N) is 2. The zero-order valence-electron chi connectivity index (χ0n) is 20.7. The quantitative estimate of drug-likeness (QED) is 0.388. The van der Waals surface area contributed by atoms with Gasteiger partial charge in [0.15, 0.2) is 17.3 Å². The number of likely N-dealkylation sites (tertiary alicyclic amines) is 1. The van der Waals surface area contributed by atoms with Crippen LogP contribution in [0.5, 0.6) is 0 Å². The summed E-state index contributed by atoms with van der Waals surface area (Å²) in [7, 11) is 0. The Morgan fingerprint density at radius 1 is 0.974 bits per heavy atom. The molecule has 0 radical (unpaired) electrons. The third-order valence-electron chi connectivity index (χ3n) is 7.85. The third-order valence-corrected chi connectivity index (χ3v) is 7.85. The van der Waals surface area contributed by atoms with Crippen LogP contribution in [-0.2, 0) is 6.42 Å². The van der Waals surface area contributed by atoms with Gasteiger partial charge in [-0.15, -0.1) is 0 Å². The first-order valence-electron chi connectivity index (χ1n) is 13.0. The van der Waals surface area contributed by atoms with Gasteiger partial charge in [0.2, 0.25) is 0 Å². The van der Waals surface area contributed by atoms with Crippen molar-refractivity contribution in [2.75, 3.05) is 13.1 Å². The summed E-state index contributed by atoms with van der Waals surface area (Å²) in [5, 5.41) is 3.15. The Hall–Kier alpha value is -4.08. The van der Waals surface area contributed by atoms with Gasteiger partial charge < -0.3 is 10.2 Å². The van der Waals surface area contributed by atoms with Crippen LogP contribution < -0.4 is 11.0 Å². The van der Waals surface area contributed by atoms with Gasteiger partial charge in [0.05, 0.1) is 17.3 Å². The Morgan fingerprint density at radius 3 is 2.61 bits per heavy atom. The fourth-order valence-corrected chi connectivity index (χ4v) is 5.94. The van der Waals surface area contributed by atoms with Crippen LogP contribution in [0.15, 0.2) is 59.7 Å². The first-order chi connectivity index (χ1) is 18.5. The van der Waals surface area contributed by atoms with E-state index in [1.165, 1.54) is 6.07 Å². The summed E-state index contributed by atoms with van der Waals surface area (Å²) in [5.41, 5.74) is 3.20. The molecule has 4 heterocycles. The van der Waals surface area contributed by atoms with Gasteiger partial charge in [-0.2, -0.15) is 0 Å². The monoisotopic (exact) mass is 518 g/mol. The van der Waals surface area contributed by atoms with Crippen molar-refractivity contribution in [2.24, 2.45) is 0 Å². The molecule has 4 aromatic rings. The standard InChI is InChI=1S/C28H28F2N6O2/c29-21-6-1-5-20(24(21)30)17-8-9-22(25-18(16-17)4-2-12-31-25)33-27(37)35-14-10-19(11-15-35)36-23-7-3-13-32-26(23)34-28(36)38/h1-7,12-13,17,19,22H,8-11,14-16H2,(H,33,37)(H,32,34,38)/t17-,22-/m0/s1. The second-order valence-corrected chi connectivity index (χ2v) is 10.1. The van der Waals surface area contributed by atoms with Crippen molar-refractivity contribution in [2.45, 2.75) is 50.1 Å². The van der Waals surface area contributed by atoms with Crippen molar-refractivity contribution in [3.8, 4) is 0 Å². The molecule has 0 spiro atoms. The largest absolute Gasteiger partial charge is 0.330 e. The molecule has 1 aliphatic heterocycles. The Bertz CT molecular complexity index is 1540. The number of aromatic nitrogens is 4. The highest BCUT2D eigenvalue weighted by molar-refractivity contribution is 5.75. The summed E-state index contributed by atoms with van der Waals surface area (Å²) in [5.74, 6) is -1.87. The lowest BCUT2D eigenvalue weighted by Crippen LogP contribution is -2.46. The highest BCUT2D eigenvalue weighted by atomic mass is 19.2. The maximum absolute atomic E-state index is 14.6. The minimum absolute atomic E-state index is 0.0216. The number of hydrogen-bond acceptors (Lipinski definition) is 4. The number of benzene rings is 1. The number of imidazole rings is 1. The molecule has 0 saturated carbocycles. The van der Waals surface area contributed by atoms with E-state index in [-0.39, 0.29) is 29.7 Å². The number of carbonyl (C=O) groups is 1. The molecule has 1 saturated heterocycles. The van der Waals surface area contributed by atoms with E-state index >= 15 is 0 Å². The Labute approximate surface area is 217 Å². The second kappa shape index (κ2) is 10.00. The van der Waals surface area contributed by atoms with E-state index in [9.17, 15) is 18.4 Å². The van der Waals surface area contributed by atoms with Crippen LogP contribution in [0.1, 0.15) is 60.5 Å². The van der Waals surface area contributed by atoms with Crippen molar-refractivity contribution in [3.05, 3.63) is 93.8 Å². The normalized spacial score (nSPS) is 20.2. The molecule has 1 aromatic carbocycles. The van der Waals surface area contributed by atoms with E-state index in [4.69, 9.17) is 0 Å². The number of fused-ring (bicyclic) bond motifs is 2. The lowest BCUT2D eigenvalue weighted by atomic mass is 9.90. The number of hydrogen-bond donors (Lipinski definition) is 2. The molecule has 1 aliphatic carbocycles. The van der Waals surface area contributed by atoms with Gasteiger partial charge >= 0.3 is 11.7 Å². The molecule has 1 fully saturated rings. The van der Waals surface area contributed by atoms with Crippen molar-refractivity contribution in [1.82, 2.24) is 29.7 Å². The van der Waals surface area contributed by atoms with Crippen LogP contribution in [-0.4, -0.2) is 43.5 Å². The molecule has 2 amide bonds. The molecule has 0 bridgehead atoms. The van der Waals surface area contributed by atoms with Crippen molar-refractivity contribution >= 4 is 17.2 Å². The number of amides is 2. The molecule has 10 heteroatoms. The molecule has 8 nitrogen and oxygen atoms in total. The van der Waals surface area contributed by atoms with E-state index in [1.54, 1.807) is 34.0 Å². The Morgan fingerprint density at radius 2 is 1.76 bits per heavy atom. The number of aromatic amines is 1. The average Bonchev–Trinajstić information content (AvgIpc) is 3.16. The number of piperidine rings is 1. The molecule has 2 atom stereocenters. The molecule has 3 aromatic heterocycles. The molecular formula is C28H28F2N6O2. The zero-order chi connectivity index (χ0) is 26.2. The van der Waals surface area contributed by atoms with Gasteiger partial charge in [-0.25, -0.2) is 23.4 Å². The van der Waals surface area contributed by atoms with Gasteiger partial charge in [0, 0.05) is 31.5 Å². The predicted octanol–water partition coefficient (Wildman–Crippen LogP) is 4.61. The van der Waals surface area contributed by atoms with Gasteiger partial charge in [0.25, 0.3) is 0 Å².